The van der Waals surface area contributed by atoms with Crippen molar-refractivity contribution in [1.82, 2.24) is 10.9 Å². The van der Waals surface area contributed by atoms with Gasteiger partial charge in [0.05, 0.1) is 11.6 Å². The van der Waals surface area contributed by atoms with Gasteiger partial charge in [-0.05, 0) is 42.7 Å². The first-order valence-electron chi connectivity index (χ1n) is 8.65. The van der Waals surface area contributed by atoms with E-state index in [0.717, 1.165) is 6.42 Å². The average Bonchev–Trinajstić information content (AvgIpc) is 2.65. The van der Waals surface area contributed by atoms with Crippen molar-refractivity contribution in [2.45, 2.75) is 20.3 Å². The summed E-state index contributed by atoms with van der Waals surface area (Å²) < 4.78 is 10.9. The molecule has 2 rings (SSSR count). The van der Waals surface area contributed by atoms with Crippen molar-refractivity contribution in [3.05, 3.63) is 59.1 Å². The number of hydrogen-bond donors (Lipinski definition) is 2. The molecule has 0 heterocycles. The summed E-state index contributed by atoms with van der Waals surface area (Å²) in [5, 5.41) is 0.406. The number of amides is 2. The topological polar surface area (TPSA) is 76.7 Å². The van der Waals surface area contributed by atoms with Gasteiger partial charge in [-0.15, -0.1) is 0 Å². The summed E-state index contributed by atoms with van der Waals surface area (Å²) in [6, 6.07) is 13.6. The van der Waals surface area contributed by atoms with Gasteiger partial charge in [0, 0.05) is 5.56 Å². The highest BCUT2D eigenvalue weighted by Crippen LogP contribution is 2.22. The fraction of sp³-hybridized carbons (Fsp3) is 0.300. The Balaban J connectivity index is 1.79. The Morgan fingerprint density at radius 2 is 1.81 bits per heavy atom. The van der Waals surface area contributed by atoms with Gasteiger partial charge in [0.2, 0.25) is 0 Å². The summed E-state index contributed by atoms with van der Waals surface area (Å²) in [5.74, 6) is 0.589. The van der Waals surface area contributed by atoms with E-state index < -0.39 is 11.8 Å². The SMILES string of the molecule is CC(C)CCOc1cccc(C(=O)NNC(=O)COc2ccccc2Cl)c1. The molecule has 2 amide bonds. The van der Waals surface area contributed by atoms with Crippen LogP contribution in [0.25, 0.3) is 0 Å². The zero-order valence-corrected chi connectivity index (χ0v) is 16.1. The zero-order valence-electron chi connectivity index (χ0n) is 15.3. The van der Waals surface area contributed by atoms with Gasteiger partial charge in [-0.25, -0.2) is 0 Å². The predicted molar refractivity (Wildman–Crippen MR) is 104 cm³/mol. The Kier molecular flexibility index (Phi) is 7.95. The molecule has 144 valence electrons. The molecule has 6 nitrogen and oxygen atoms in total. The number of carbonyl (C=O) groups is 2. The standard InChI is InChI=1S/C20H23ClN2O4/c1-14(2)10-11-26-16-7-5-6-15(12-16)20(25)23-22-19(24)13-27-18-9-4-3-8-17(18)21/h3-9,12,14H,10-11,13H2,1-2H3,(H,22,24)(H,23,25). The lowest BCUT2D eigenvalue weighted by Crippen LogP contribution is -2.43. The number of ether oxygens (including phenoxy) is 2. The van der Waals surface area contributed by atoms with Crippen LogP contribution in [0.5, 0.6) is 11.5 Å². The molecule has 0 aliphatic heterocycles. The number of halogens is 1. The molecule has 0 saturated heterocycles. The third kappa shape index (κ3) is 7.19. The molecule has 0 aromatic heterocycles. The second kappa shape index (κ2) is 10.4. The average molecular weight is 391 g/mol. The summed E-state index contributed by atoms with van der Waals surface area (Å²) in [7, 11) is 0. The number of hydrazine groups is 1. The maximum absolute atomic E-state index is 12.2. The Morgan fingerprint density at radius 1 is 1.04 bits per heavy atom. The van der Waals surface area contributed by atoms with Crippen LogP contribution in [0.1, 0.15) is 30.6 Å². The molecule has 2 aromatic carbocycles. The van der Waals surface area contributed by atoms with Crippen LogP contribution < -0.4 is 20.3 Å². The smallest absolute Gasteiger partial charge is 0.276 e. The van der Waals surface area contributed by atoms with Gasteiger partial charge in [-0.3, -0.25) is 20.4 Å². The van der Waals surface area contributed by atoms with Crippen molar-refractivity contribution >= 4 is 23.4 Å². The normalized spacial score (nSPS) is 10.4. The van der Waals surface area contributed by atoms with Crippen molar-refractivity contribution in [1.29, 1.82) is 0 Å². The van der Waals surface area contributed by atoms with Crippen LogP contribution in [0, 0.1) is 5.92 Å². The fourth-order valence-electron chi connectivity index (χ4n) is 2.08. The van der Waals surface area contributed by atoms with Crippen molar-refractivity contribution in [2.24, 2.45) is 5.92 Å². The number of nitrogens with one attached hydrogen (secondary N) is 2. The lowest BCUT2D eigenvalue weighted by molar-refractivity contribution is -0.123. The molecule has 2 N–H and O–H groups in total. The fourth-order valence-corrected chi connectivity index (χ4v) is 2.27. The Labute approximate surface area is 163 Å². The van der Waals surface area contributed by atoms with Crippen molar-refractivity contribution in [3.63, 3.8) is 0 Å². The van der Waals surface area contributed by atoms with Crippen LogP contribution in [0.15, 0.2) is 48.5 Å². The summed E-state index contributed by atoms with van der Waals surface area (Å²) in [4.78, 5) is 24.0. The van der Waals surface area contributed by atoms with Gasteiger partial charge in [0.15, 0.2) is 6.61 Å². The largest absolute Gasteiger partial charge is 0.494 e. The van der Waals surface area contributed by atoms with Crippen LogP contribution in [0.2, 0.25) is 5.02 Å². The first kappa shape index (κ1) is 20.6. The Bertz CT molecular complexity index is 780. The van der Waals surface area contributed by atoms with Gasteiger partial charge in [-0.1, -0.05) is 43.6 Å². The van der Waals surface area contributed by atoms with E-state index in [9.17, 15) is 9.59 Å². The molecule has 0 fully saturated rings. The molecule has 27 heavy (non-hydrogen) atoms. The lowest BCUT2D eigenvalue weighted by Gasteiger charge is -2.11. The van der Waals surface area contributed by atoms with Crippen LogP contribution in [-0.2, 0) is 4.79 Å². The summed E-state index contributed by atoms with van der Waals surface area (Å²) in [6.07, 6.45) is 0.928. The van der Waals surface area contributed by atoms with Gasteiger partial charge in [0.1, 0.15) is 11.5 Å². The lowest BCUT2D eigenvalue weighted by atomic mass is 10.1. The first-order chi connectivity index (χ1) is 13.0. The van der Waals surface area contributed by atoms with Crippen LogP contribution in [0.3, 0.4) is 0 Å². The maximum atomic E-state index is 12.2. The molecule has 0 aliphatic rings. The molecular weight excluding hydrogens is 368 g/mol. The summed E-state index contributed by atoms with van der Waals surface area (Å²) in [6.45, 7) is 4.54. The number of benzene rings is 2. The van der Waals surface area contributed by atoms with Crippen LogP contribution >= 0.6 is 11.6 Å². The van der Waals surface area contributed by atoms with Crippen LogP contribution in [0.4, 0.5) is 0 Å². The highest BCUT2D eigenvalue weighted by Gasteiger charge is 2.10. The highest BCUT2D eigenvalue weighted by molar-refractivity contribution is 6.32. The Hall–Kier alpha value is -2.73. The van der Waals surface area contributed by atoms with E-state index in [1.54, 1.807) is 48.5 Å². The van der Waals surface area contributed by atoms with Gasteiger partial charge in [-0.2, -0.15) is 0 Å². The predicted octanol–water partition coefficient (Wildman–Crippen LogP) is 3.60. The van der Waals surface area contributed by atoms with Gasteiger partial charge < -0.3 is 9.47 Å². The maximum Gasteiger partial charge on any atom is 0.276 e. The minimum absolute atomic E-state index is 0.275. The first-order valence-corrected chi connectivity index (χ1v) is 9.03. The second-order valence-electron chi connectivity index (χ2n) is 6.28. The molecule has 0 saturated carbocycles. The van der Waals surface area contributed by atoms with Crippen molar-refractivity contribution in [2.75, 3.05) is 13.2 Å². The molecule has 2 aromatic rings. The number of hydrogen-bond acceptors (Lipinski definition) is 4. The number of rotatable bonds is 8. The highest BCUT2D eigenvalue weighted by atomic mass is 35.5. The van der Waals surface area contributed by atoms with E-state index in [-0.39, 0.29) is 6.61 Å². The minimum Gasteiger partial charge on any atom is -0.494 e. The summed E-state index contributed by atoms with van der Waals surface area (Å²) in [5.41, 5.74) is 5.02. The molecule has 0 radical (unpaired) electrons. The molecule has 0 spiro atoms. The third-order valence-electron chi connectivity index (χ3n) is 3.57. The van der Waals surface area contributed by atoms with Crippen molar-refractivity contribution < 1.29 is 19.1 Å². The van der Waals surface area contributed by atoms with E-state index in [1.807, 2.05) is 0 Å². The number of carbonyl (C=O) groups excluding carboxylic acids is 2. The molecular formula is C20H23ClN2O4. The molecule has 0 unspecified atom stereocenters. The quantitative estimate of drug-likeness (QED) is 0.675. The van der Waals surface area contributed by atoms with Crippen LogP contribution in [-0.4, -0.2) is 25.0 Å². The van der Waals surface area contributed by atoms with E-state index in [2.05, 4.69) is 24.7 Å². The van der Waals surface area contributed by atoms with E-state index in [1.165, 1.54) is 0 Å². The monoisotopic (exact) mass is 390 g/mol. The second-order valence-corrected chi connectivity index (χ2v) is 6.69. The van der Waals surface area contributed by atoms with E-state index >= 15 is 0 Å². The summed E-state index contributed by atoms with van der Waals surface area (Å²) >= 11 is 5.95. The molecule has 0 atom stereocenters. The van der Waals surface area contributed by atoms with E-state index in [0.29, 0.717) is 34.6 Å². The molecule has 0 aliphatic carbocycles. The van der Waals surface area contributed by atoms with Crippen molar-refractivity contribution in [3.8, 4) is 11.5 Å². The van der Waals surface area contributed by atoms with E-state index in [4.69, 9.17) is 21.1 Å². The third-order valence-corrected chi connectivity index (χ3v) is 3.88. The number of para-hydroxylation sites is 1. The van der Waals surface area contributed by atoms with Gasteiger partial charge in [0.25, 0.3) is 11.8 Å². The molecule has 7 heteroatoms. The molecule has 0 bridgehead atoms. The zero-order chi connectivity index (χ0) is 19.6. The van der Waals surface area contributed by atoms with Gasteiger partial charge >= 0.3 is 0 Å². The minimum atomic E-state index is -0.507. The Morgan fingerprint density at radius 3 is 2.56 bits per heavy atom.